The van der Waals surface area contributed by atoms with E-state index in [0.29, 0.717) is 12.0 Å². The van der Waals surface area contributed by atoms with Crippen molar-refractivity contribution in [2.75, 3.05) is 25.2 Å². The van der Waals surface area contributed by atoms with Gasteiger partial charge in [-0.15, -0.1) is 0 Å². The number of aromatic amines is 2. The minimum Gasteiger partial charge on any atom is -0.497 e. The zero-order chi connectivity index (χ0) is 22.2. The lowest BCUT2D eigenvalue weighted by Crippen LogP contribution is -2.48. The van der Waals surface area contributed by atoms with Gasteiger partial charge in [-0.05, 0) is 62.1 Å². The van der Waals surface area contributed by atoms with Crippen LogP contribution in [0, 0.1) is 5.92 Å². The molecule has 0 saturated carbocycles. The number of ether oxygens (including phenoxy) is 2. The van der Waals surface area contributed by atoms with E-state index in [0.717, 1.165) is 58.8 Å². The van der Waals surface area contributed by atoms with Crippen molar-refractivity contribution in [1.82, 2.24) is 20.2 Å². The number of aromatic nitrogens is 4. The van der Waals surface area contributed by atoms with Crippen LogP contribution < -0.4 is 9.64 Å². The number of anilines is 1. The Kier molecular flexibility index (Phi) is 5.51. The van der Waals surface area contributed by atoms with E-state index in [1.54, 1.807) is 7.11 Å². The van der Waals surface area contributed by atoms with Gasteiger partial charge in [0.05, 0.1) is 36.4 Å². The molecular formula is C25H31N5O2. The first-order valence-corrected chi connectivity index (χ1v) is 11.4. The molecule has 7 heteroatoms. The molecule has 2 atom stereocenters. The highest BCUT2D eigenvalue weighted by molar-refractivity contribution is 5.94. The van der Waals surface area contributed by atoms with Gasteiger partial charge in [-0.1, -0.05) is 13.8 Å². The Morgan fingerprint density at radius 2 is 2.06 bits per heavy atom. The Morgan fingerprint density at radius 1 is 1.19 bits per heavy atom. The molecule has 168 valence electrons. The van der Waals surface area contributed by atoms with E-state index in [1.165, 1.54) is 12.1 Å². The molecule has 7 nitrogen and oxygen atoms in total. The van der Waals surface area contributed by atoms with Gasteiger partial charge in [0, 0.05) is 23.7 Å². The van der Waals surface area contributed by atoms with Crippen molar-refractivity contribution >= 4 is 27.6 Å². The largest absolute Gasteiger partial charge is 0.497 e. The first kappa shape index (κ1) is 20.8. The van der Waals surface area contributed by atoms with Gasteiger partial charge in [0.25, 0.3) is 0 Å². The van der Waals surface area contributed by atoms with Crippen molar-refractivity contribution in [2.45, 2.75) is 45.8 Å². The van der Waals surface area contributed by atoms with Crippen LogP contribution >= 0.6 is 0 Å². The molecule has 5 rings (SSSR count). The predicted octanol–water partition coefficient (Wildman–Crippen LogP) is 5.14. The lowest BCUT2D eigenvalue weighted by molar-refractivity contribution is 0.0149. The molecule has 2 aromatic carbocycles. The average molecular weight is 434 g/mol. The third-order valence-corrected chi connectivity index (χ3v) is 6.36. The molecule has 1 aliphatic heterocycles. The van der Waals surface area contributed by atoms with Crippen LogP contribution in [0.3, 0.4) is 0 Å². The molecule has 4 aromatic rings. The number of H-pyrrole nitrogens is 2. The maximum absolute atomic E-state index is 6.11. The number of morpholine rings is 1. The molecule has 1 saturated heterocycles. The van der Waals surface area contributed by atoms with E-state index >= 15 is 0 Å². The summed E-state index contributed by atoms with van der Waals surface area (Å²) in [6.45, 7) is 8.45. The van der Waals surface area contributed by atoms with Crippen molar-refractivity contribution in [3.8, 4) is 17.3 Å². The van der Waals surface area contributed by atoms with Crippen molar-refractivity contribution in [1.29, 1.82) is 0 Å². The average Bonchev–Trinajstić information content (AvgIpc) is 3.41. The number of rotatable bonds is 6. The fourth-order valence-corrected chi connectivity index (χ4v) is 4.46. The molecule has 2 aromatic heterocycles. The first-order chi connectivity index (χ1) is 15.5. The molecule has 2 N–H and O–H groups in total. The van der Waals surface area contributed by atoms with Crippen molar-refractivity contribution < 1.29 is 9.47 Å². The van der Waals surface area contributed by atoms with Crippen molar-refractivity contribution in [3.05, 3.63) is 36.4 Å². The summed E-state index contributed by atoms with van der Waals surface area (Å²) in [7, 11) is 1.67. The van der Waals surface area contributed by atoms with E-state index in [4.69, 9.17) is 14.5 Å². The fraction of sp³-hybridized carbons (Fsp3) is 0.440. The quantitative estimate of drug-likeness (QED) is 0.440. The molecule has 0 spiro atoms. The Morgan fingerprint density at radius 3 is 2.88 bits per heavy atom. The van der Waals surface area contributed by atoms with Gasteiger partial charge >= 0.3 is 0 Å². The maximum atomic E-state index is 6.11. The zero-order valence-corrected chi connectivity index (χ0v) is 19.2. The SMILES string of the molecule is COc1ccc2[nH]nc(-c3nc4ccc(N5C[C@@H](CCC(C)C)OC[C@@H]5C)cc4[nH]3)c2c1. The number of benzene rings is 2. The number of nitrogens with one attached hydrogen (secondary N) is 2. The molecule has 0 bridgehead atoms. The van der Waals surface area contributed by atoms with Crippen LogP contribution in [0.15, 0.2) is 36.4 Å². The summed E-state index contributed by atoms with van der Waals surface area (Å²) in [6, 6.07) is 12.7. The van der Waals surface area contributed by atoms with Crippen molar-refractivity contribution in [2.24, 2.45) is 5.92 Å². The summed E-state index contributed by atoms with van der Waals surface area (Å²) < 4.78 is 11.5. The zero-order valence-electron chi connectivity index (χ0n) is 19.2. The molecular weight excluding hydrogens is 402 g/mol. The van der Waals surface area contributed by atoms with Gasteiger partial charge in [-0.2, -0.15) is 5.10 Å². The molecule has 3 heterocycles. The van der Waals surface area contributed by atoms with Crippen molar-refractivity contribution in [3.63, 3.8) is 0 Å². The summed E-state index contributed by atoms with van der Waals surface area (Å²) in [5, 5.41) is 8.58. The highest BCUT2D eigenvalue weighted by Gasteiger charge is 2.26. The number of hydrogen-bond donors (Lipinski definition) is 2. The maximum Gasteiger partial charge on any atom is 0.159 e. The van der Waals surface area contributed by atoms with E-state index in [2.05, 4.69) is 59.1 Å². The number of hydrogen-bond acceptors (Lipinski definition) is 5. The third-order valence-electron chi connectivity index (χ3n) is 6.36. The van der Waals surface area contributed by atoms with E-state index in [-0.39, 0.29) is 6.10 Å². The predicted molar refractivity (Wildman–Crippen MR) is 128 cm³/mol. The van der Waals surface area contributed by atoms with Crippen LogP contribution in [0.1, 0.15) is 33.6 Å². The summed E-state index contributed by atoms with van der Waals surface area (Å²) in [5.74, 6) is 2.25. The first-order valence-electron chi connectivity index (χ1n) is 11.4. The fourth-order valence-electron chi connectivity index (χ4n) is 4.46. The lowest BCUT2D eigenvalue weighted by Gasteiger charge is -2.40. The van der Waals surface area contributed by atoms with Crippen LogP contribution in [0.2, 0.25) is 0 Å². The van der Waals surface area contributed by atoms with E-state index in [9.17, 15) is 0 Å². The second kappa shape index (κ2) is 8.47. The second-order valence-corrected chi connectivity index (χ2v) is 9.20. The Bertz CT molecular complexity index is 1230. The van der Waals surface area contributed by atoms with Crippen LogP contribution in [-0.2, 0) is 4.74 Å². The molecule has 0 unspecified atom stereocenters. The van der Waals surface area contributed by atoms with E-state index < -0.39 is 0 Å². The minimum atomic E-state index is 0.284. The highest BCUT2D eigenvalue weighted by Crippen LogP contribution is 2.31. The highest BCUT2D eigenvalue weighted by atomic mass is 16.5. The van der Waals surface area contributed by atoms with Gasteiger partial charge in [0.2, 0.25) is 0 Å². The normalized spacial score (nSPS) is 19.3. The summed E-state index contributed by atoms with van der Waals surface area (Å²) in [4.78, 5) is 10.8. The summed E-state index contributed by atoms with van der Waals surface area (Å²) >= 11 is 0. The van der Waals surface area contributed by atoms with Crippen LogP contribution in [0.5, 0.6) is 5.75 Å². The van der Waals surface area contributed by atoms with Crippen LogP contribution in [-0.4, -0.2) is 52.6 Å². The topological polar surface area (TPSA) is 79.1 Å². The lowest BCUT2D eigenvalue weighted by atomic mass is 10.0. The smallest absolute Gasteiger partial charge is 0.159 e. The van der Waals surface area contributed by atoms with E-state index in [1.807, 2.05) is 18.2 Å². The Labute approximate surface area is 188 Å². The monoisotopic (exact) mass is 433 g/mol. The van der Waals surface area contributed by atoms with Gasteiger partial charge in [0.1, 0.15) is 11.4 Å². The van der Waals surface area contributed by atoms with Gasteiger partial charge in [-0.3, -0.25) is 5.10 Å². The standard InChI is InChI=1S/C25H31N5O2/c1-15(2)5-7-19-13-30(16(3)14-32-19)17-6-9-22-23(11-17)27-25(26-22)24-20-12-18(31-4)8-10-21(20)28-29-24/h6,8-12,15-16,19H,5,7,13-14H2,1-4H3,(H,26,27)(H,28,29)/t16-,19+/m0/s1. The number of fused-ring (bicyclic) bond motifs is 2. The molecule has 32 heavy (non-hydrogen) atoms. The van der Waals surface area contributed by atoms with Gasteiger partial charge in [-0.25, -0.2) is 4.98 Å². The molecule has 0 amide bonds. The summed E-state index contributed by atoms with van der Waals surface area (Å²) in [6.07, 6.45) is 2.58. The minimum absolute atomic E-state index is 0.284. The van der Waals surface area contributed by atoms with Gasteiger partial charge in [0.15, 0.2) is 5.82 Å². The third kappa shape index (κ3) is 3.93. The number of methoxy groups -OCH3 is 1. The Balaban J connectivity index is 1.44. The molecule has 1 fully saturated rings. The molecule has 1 aliphatic rings. The number of nitrogens with zero attached hydrogens (tertiary/aromatic N) is 3. The second-order valence-electron chi connectivity index (χ2n) is 9.20. The molecule has 0 aliphatic carbocycles. The number of imidazole rings is 1. The summed E-state index contributed by atoms with van der Waals surface area (Å²) in [5.41, 5.74) is 4.89. The van der Waals surface area contributed by atoms with Crippen LogP contribution in [0.4, 0.5) is 5.69 Å². The van der Waals surface area contributed by atoms with Crippen LogP contribution in [0.25, 0.3) is 33.5 Å². The molecule has 0 radical (unpaired) electrons. The Hall–Kier alpha value is -3.06. The van der Waals surface area contributed by atoms with Gasteiger partial charge < -0.3 is 19.4 Å².